The molecule has 0 spiro atoms. The normalized spacial score (nSPS) is 18.3. The molecule has 0 bridgehead atoms. The number of piperazine rings is 1. The summed E-state index contributed by atoms with van der Waals surface area (Å²) in [4.78, 5) is 66.8. The van der Waals surface area contributed by atoms with Gasteiger partial charge in [-0.1, -0.05) is 34.6 Å². The molecule has 1 rings (SSSR count). The van der Waals surface area contributed by atoms with Crippen molar-refractivity contribution in [3.05, 3.63) is 0 Å². The van der Waals surface area contributed by atoms with E-state index in [0.29, 0.717) is 50.7 Å². The van der Waals surface area contributed by atoms with Gasteiger partial charge in [-0.25, -0.2) is 0 Å². The first kappa shape index (κ1) is 33.3. The average molecular weight is 539 g/mol. The average Bonchev–Trinajstić information content (AvgIpc) is 2.83. The highest BCUT2D eigenvalue weighted by Crippen LogP contribution is 2.21. The predicted octanol–water partition coefficient (Wildman–Crippen LogP) is 0.891. The molecule has 11 heteroatoms. The Morgan fingerprint density at radius 3 is 2.18 bits per heavy atom. The van der Waals surface area contributed by atoms with E-state index in [1.807, 2.05) is 6.92 Å². The smallest absolute Gasteiger partial charge is 0.246 e. The van der Waals surface area contributed by atoms with Crippen LogP contribution in [-0.4, -0.2) is 83.1 Å². The SMILES string of the molecule is CCCN(C(=O)[C@H](CCC(C)C)N1CCN[C@@H](CCC(C)C)C1=O)[C@@H](C)C(=O)N[C@@H](CCC(N)=O)C(N)=O. The van der Waals surface area contributed by atoms with E-state index in [4.69, 9.17) is 11.5 Å². The molecule has 1 aliphatic heterocycles. The van der Waals surface area contributed by atoms with Crippen molar-refractivity contribution in [3.63, 3.8) is 0 Å². The summed E-state index contributed by atoms with van der Waals surface area (Å²) in [6, 6.07) is -3.00. The molecule has 0 saturated carbocycles. The molecule has 0 aromatic heterocycles. The van der Waals surface area contributed by atoms with Crippen LogP contribution in [0.5, 0.6) is 0 Å². The van der Waals surface area contributed by atoms with Crippen LogP contribution in [0.15, 0.2) is 0 Å². The topological polar surface area (TPSA) is 168 Å². The molecule has 6 N–H and O–H groups in total. The Kier molecular flexibility index (Phi) is 14.3. The van der Waals surface area contributed by atoms with Gasteiger partial charge in [0.25, 0.3) is 0 Å². The van der Waals surface area contributed by atoms with Gasteiger partial charge in [-0.3, -0.25) is 24.0 Å². The first-order valence-corrected chi connectivity index (χ1v) is 14.0. The second-order valence-electron chi connectivity index (χ2n) is 11.2. The van der Waals surface area contributed by atoms with E-state index in [-0.39, 0.29) is 30.7 Å². The number of carbonyl (C=O) groups excluding carboxylic acids is 5. The Morgan fingerprint density at radius 1 is 1.03 bits per heavy atom. The molecule has 1 heterocycles. The highest BCUT2D eigenvalue weighted by atomic mass is 16.2. The summed E-state index contributed by atoms with van der Waals surface area (Å²) < 4.78 is 0. The largest absolute Gasteiger partial charge is 0.370 e. The summed E-state index contributed by atoms with van der Waals surface area (Å²) in [7, 11) is 0. The predicted molar refractivity (Wildman–Crippen MR) is 146 cm³/mol. The molecule has 1 fully saturated rings. The van der Waals surface area contributed by atoms with Crippen LogP contribution < -0.4 is 22.1 Å². The van der Waals surface area contributed by atoms with Gasteiger partial charge < -0.3 is 31.9 Å². The summed E-state index contributed by atoms with van der Waals surface area (Å²) in [6.45, 7) is 13.2. The molecule has 1 aliphatic rings. The van der Waals surface area contributed by atoms with Gasteiger partial charge in [-0.2, -0.15) is 0 Å². The van der Waals surface area contributed by atoms with Crippen LogP contribution >= 0.6 is 0 Å². The van der Waals surface area contributed by atoms with Gasteiger partial charge in [-0.05, 0) is 57.3 Å². The van der Waals surface area contributed by atoms with Crippen LogP contribution in [0.25, 0.3) is 0 Å². The maximum absolute atomic E-state index is 14.0. The number of nitrogens with one attached hydrogen (secondary N) is 2. The van der Waals surface area contributed by atoms with Crippen LogP contribution in [0.1, 0.15) is 86.5 Å². The van der Waals surface area contributed by atoms with Gasteiger partial charge in [0.1, 0.15) is 18.1 Å². The minimum atomic E-state index is -1.08. The summed E-state index contributed by atoms with van der Waals surface area (Å²) in [6.07, 6.45) is 3.33. The molecule has 0 radical (unpaired) electrons. The fraction of sp³-hybridized carbons (Fsp3) is 0.815. The van der Waals surface area contributed by atoms with Crippen molar-refractivity contribution >= 4 is 29.5 Å². The highest BCUT2D eigenvalue weighted by molar-refractivity contribution is 5.94. The van der Waals surface area contributed by atoms with Crippen LogP contribution in [0.3, 0.4) is 0 Å². The summed E-state index contributed by atoms with van der Waals surface area (Å²) >= 11 is 0. The first-order chi connectivity index (χ1) is 17.8. The van der Waals surface area contributed by atoms with E-state index in [0.717, 1.165) is 12.8 Å². The number of primary amides is 2. The zero-order valence-corrected chi connectivity index (χ0v) is 24.1. The van der Waals surface area contributed by atoms with Gasteiger partial charge in [0.2, 0.25) is 29.5 Å². The van der Waals surface area contributed by atoms with Crippen molar-refractivity contribution in [3.8, 4) is 0 Å². The maximum Gasteiger partial charge on any atom is 0.246 e. The highest BCUT2D eigenvalue weighted by Gasteiger charge is 2.39. The van der Waals surface area contributed by atoms with E-state index in [9.17, 15) is 24.0 Å². The van der Waals surface area contributed by atoms with Crippen molar-refractivity contribution in [2.24, 2.45) is 23.3 Å². The molecule has 5 amide bonds. The monoisotopic (exact) mass is 538 g/mol. The minimum absolute atomic E-state index is 0.0189. The van der Waals surface area contributed by atoms with Crippen LogP contribution in [0.2, 0.25) is 0 Å². The van der Waals surface area contributed by atoms with Crippen molar-refractivity contribution in [1.29, 1.82) is 0 Å². The number of carbonyl (C=O) groups is 5. The second kappa shape index (κ2) is 16.3. The fourth-order valence-corrected chi connectivity index (χ4v) is 4.63. The van der Waals surface area contributed by atoms with E-state index in [1.54, 1.807) is 11.8 Å². The van der Waals surface area contributed by atoms with Gasteiger partial charge in [-0.15, -0.1) is 0 Å². The van der Waals surface area contributed by atoms with Crippen molar-refractivity contribution in [2.45, 2.75) is 111 Å². The van der Waals surface area contributed by atoms with Gasteiger partial charge in [0.05, 0.1) is 6.04 Å². The van der Waals surface area contributed by atoms with Gasteiger partial charge >= 0.3 is 0 Å². The zero-order chi connectivity index (χ0) is 29.0. The Balaban J connectivity index is 3.17. The Labute approximate surface area is 227 Å². The van der Waals surface area contributed by atoms with Crippen molar-refractivity contribution in [2.75, 3.05) is 19.6 Å². The van der Waals surface area contributed by atoms with Crippen molar-refractivity contribution < 1.29 is 24.0 Å². The molecule has 0 unspecified atom stereocenters. The lowest BCUT2D eigenvalue weighted by molar-refractivity contribution is -0.152. The van der Waals surface area contributed by atoms with Gasteiger partial charge in [0, 0.05) is 26.1 Å². The maximum atomic E-state index is 14.0. The van der Waals surface area contributed by atoms with Crippen LogP contribution in [0, 0.1) is 11.8 Å². The van der Waals surface area contributed by atoms with E-state index < -0.39 is 35.8 Å². The van der Waals surface area contributed by atoms with E-state index in [2.05, 4.69) is 38.3 Å². The lowest BCUT2D eigenvalue weighted by atomic mass is 9.96. The van der Waals surface area contributed by atoms with Crippen LogP contribution in [0.4, 0.5) is 0 Å². The molecule has 0 aliphatic carbocycles. The second-order valence-corrected chi connectivity index (χ2v) is 11.2. The molecule has 4 atom stereocenters. The van der Waals surface area contributed by atoms with Crippen LogP contribution in [-0.2, 0) is 24.0 Å². The fourth-order valence-electron chi connectivity index (χ4n) is 4.63. The number of nitrogens with zero attached hydrogens (tertiary/aromatic N) is 2. The Hall–Kier alpha value is -2.69. The quantitative estimate of drug-likeness (QED) is 0.214. The molecule has 1 saturated heterocycles. The third kappa shape index (κ3) is 10.6. The minimum Gasteiger partial charge on any atom is -0.370 e. The number of rotatable bonds is 17. The molecule has 218 valence electrons. The summed E-state index contributed by atoms with van der Waals surface area (Å²) in [5.74, 6) is -1.50. The lowest BCUT2D eigenvalue weighted by Gasteiger charge is -2.41. The molecule has 0 aromatic carbocycles. The third-order valence-electron chi connectivity index (χ3n) is 6.97. The molecule has 11 nitrogen and oxygen atoms in total. The Morgan fingerprint density at radius 2 is 1.66 bits per heavy atom. The number of hydrogen-bond donors (Lipinski definition) is 4. The molecular weight excluding hydrogens is 488 g/mol. The van der Waals surface area contributed by atoms with E-state index in [1.165, 1.54) is 4.90 Å². The molecular formula is C27H50N6O5. The standard InChI is InChI=1S/C27H50N6O5/c1-7-15-32(19(6)25(36)31-20(24(29)35)11-13-23(28)34)27(38)22(12-9-18(4)5)33-16-14-30-21(26(33)37)10-8-17(2)3/h17-22,30H,7-16H2,1-6H3,(H2,28,34)(H2,29,35)(H,31,36)/t19-,20-,21-,22-/m0/s1. The number of hydrogen-bond acceptors (Lipinski definition) is 6. The van der Waals surface area contributed by atoms with E-state index >= 15 is 0 Å². The molecule has 38 heavy (non-hydrogen) atoms. The Bertz CT molecular complexity index is 818. The molecule has 0 aromatic rings. The number of nitrogens with two attached hydrogens (primary N) is 2. The zero-order valence-electron chi connectivity index (χ0n) is 24.1. The number of amides is 5. The first-order valence-electron chi connectivity index (χ1n) is 14.0. The van der Waals surface area contributed by atoms with Crippen molar-refractivity contribution in [1.82, 2.24) is 20.4 Å². The third-order valence-corrected chi connectivity index (χ3v) is 6.97. The lowest BCUT2D eigenvalue weighted by Crippen LogP contribution is -2.63. The van der Waals surface area contributed by atoms with Gasteiger partial charge in [0.15, 0.2) is 0 Å². The summed E-state index contributed by atoms with van der Waals surface area (Å²) in [5, 5.41) is 5.87. The summed E-state index contributed by atoms with van der Waals surface area (Å²) in [5.41, 5.74) is 10.6.